The van der Waals surface area contributed by atoms with E-state index in [2.05, 4.69) is 0 Å². The van der Waals surface area contributed by atoms with Gasteiger partial charge in [-0.25, -0.2) is 4.79 Å². The molecule has 11 heavy (non-hydrogen) atoms. The van der Waals surface area contributed by atoms with Gasteiger partial charge < -0.3 is 10.2 Å². The fraction of sp³-hybridized carbons (Fsp3) is 0.500. The third-order valence-electron chi connectivity index (χ3n) is 0.920. The topological polar surface area (TPSA) is 112 Å². The monoisotopic (exact) mass is 181 g/mol. The molecular formula is C4H6O6P+. The predicted octanol–water partition coefficient (Wildman–Crippen LogP) is -0.351. The Morgan fingerprint density at radius 2 is 1.82 bits per heavy atom. The number of aliphatic carboxylic acids is 2. The Balaban J connectivity index is 4.23. The van der Waals surface area contributed by atoms with Crippen LogP contribution in [-0.4, -0.2) is 32.7 Å². The van der Waals surface area contributed by atoms with E-state index in [1.165, 1.54) is 0 Å². The van der Waals surface area contributed by atoms with Crippen molar-refractivity contribution in [3.05, 3.63) is 0 Å². The Morgan fingerprint density at radius 3 is 1.91 bits per heavy atom. The van der Waals surface area contributed by atoms with Crippen LogP contribution in [0.3, 0.4) is 0 Å². The summed E-state index contributed by atoms with van der Waals surface area (Å²) < 4.78 is 10.2. The molecular weight excluding hydrogens is 175 g/mol. The minimum Gasteiger partial charge on any atom is -0.481 e. The van der Waals surface area contributed by atoms with Crippen LogP contribution in [0.1, 0.15) is 6.42 Å². The summed E-state index contributed by atoms with van der Waals surface area (Å²) in [5.74, 6) is -2.98. The van der Waals surface area contributed by atoms with Crippen LogP contribution in [0.5, 0.6) is 0 Å². The van der Waals surface area contributed by atoms with Crippen LogP contribution in [0.4, 0.5) is 0 Å². The summed E-state index contributed by atoms with van der Waals surface area (Å²) in [5.41, 5.74) is -1.71. The number of carboxylic acid groups (broad SMARTS) is 2. The molecule has 0 saturated heterocycles. The van der Waals surface area contributed by atoms with E-state index in [-0.39, 0.29) is 0 Å². The van der Waals surface area contributed by atoms with E-state index in [1.807, 2.05) is 0 Å². The number of carbonyl (C=O) groups is 2. The zero-order valence-corrected chi connectivity index (χ0v) is 6.19. The molecule has 0 rings (SSSR count). The molecule has 0 radical (unpaired) electrons. The summed E-state index contributed by atoms with van der Waals surface area (Å²) in [6, 6.07) is 0. The molecule has 0 amide bonds. The Bertz CT molecular complexity index is 185. The van der Waals surface area contributed by atoms with Crippen LogP contribution >= 0.6 is 8.03 Å². The maximum Gasteiger partial charge on any atom is 0.521 e. The van der Waals surface area contributed by atoms with E-state index in [0.717, 1.165) is 0 Å². The van der Waals surface area contributed by atoms with Gasteiger partial charge in [0.15, 0.2) is 0 Å². The van der Waals surface area contributed by atoms with Gasteiger partial charge in [-0.3, -0.25) is 4.79 Å². The van der Waals surface area contributed by atoms with Crippen molar-refractivity contribution in [3.8, 4) is 0 Å². The molecule has 2 unspecified atom stereocenters. The first kappa shape index (κ1) is 10.0. The lowest BCUT2D eigenvalue weighted by Gasteiger charge is -1.92. The average Bonchev–Trinajstić information content (AvgIpc) is 1.81. The van der Waals surface area contributed by atoms with Gasteiger partial charge in [0.1, 0.15) is 6.42 Å². The molecule has 3 N–H and O–H groups in total. The molecule has 0 aromatic rings. The van der Waals surface area contributed by atoms with Crippen molar-refractivity contribution in [2.75, 3.05) is 0 Å². The fourth-order valence-electron chi connectivity index (χ4n) is 0.425. The van der Waals surface area contributed by atoms with Crippen LogP contribution in [0, 0.1) is 0 Å². The maximum absolute atomic E-state index is 10.2. The van der Waals surface area contributed by atoms with Gasteiger partial charge >= 0.3 is 20.0 Å². The van der Waals surface area contributed by atoms with Gasteiger partial charge in [-0.2, -0.15) is 4.89 Å². The predicted molar refractivity (Wildman–Crippen MR) is 33.5 cm³/mol. The van der Waals surface area contributed by atoms with Crippen LogP contribution in [0.25, 0.3) is 0 Å². The van der Waals surface area contributed by atoms with Crippen molar-refractivity contribution in [2.24, 2.45) is 0 Å². The van der Waals surface area contributed by atoms with Gasteiger partial charge in [-0.05, 0) is 4.57 Å². The van der Waals surface area contributed by atoms with Gasteiger partial charge in [0.05, 0.1) is 0 Å². The van der Waals surface area contributed by atoms with Crippen LogP contribution in [0.15, 0.2) is 0 Å². The lowest BCUT2D eigenvalue weighted by Crippen LogP contribution is -2.19. The van der Waals surface area contributed by atoms with E-state index in [4.69, 9.17) is 15.1 Å². The quantitative estimate of drug-likeness (QED) is 0.511. The molecule has 7 heteroatoms. The van der Waals surface area contributed by atoms with Crippen molar-refractivity contribution in [3.63, 3.8) is 0 Å². The van der Waals surface area contributed by atoms with E-state index >= 15 is 0 Å². The minimum absolute atomic E-state index is 0.832. The Hall–Kier alpha value is -1.00. The fourth-order valence-corrected chi connectivity index (χ4v) is 0.927. The van der Waals surface area contributed by atoms with E-state index in [1.54, 1.807) is 0 Å². The maximum atomic E-state index is 10.2. The van der Waals surface area contributed by atoms with E-state index < -0.39 is 32.0 Å². The summed E-state index contributed by atoms with van der Waals surface area (Å²) in [6.45, 7) is 0. The lowest BCUT2D eigenvalue weighted by molar-refractivity contribution is -0.143. The van der Waals surface area contributed by atoms with Gasteiger partial charge in [0.25, 0.3) is 5.66 Å². The molecule has 0 fully saturated rings. The van der Waals surface area contributed by atoms with Crippen LogP contribution in [-0.2, 0) is 14.2 Å². The molecule has 0 aromatic heterocycles. The normalized spacial score (nSPS) is 13.7. The molecule has 0 aliphatic heterocycles. The zero-order valence-electron chi connectivity index (χ0n) is 5.30. The molecule has 0 bridgehead atoms. The first-order valence-electron chi connectivity index (χ1n) is 2.55. The molecule has 0 aliphatic rings. The highest BCUT2D eigenvalue weighted by Crippen LogP contribution is 2.25. The second-order valence-electron chi connectivity index (χ2n) is 1.75. The summed E-state index contributed by atoms with van der Waals surface area (Å²) in [4.78, 5) is 28.3. The molecule has 2 atom stereocenters. The molecule has 62 valence electrons. The second-order valence-corrected chi connectivity index (χ2v) is 2.98. The molecule has 0 spiro atoms. The highest BCUT2D eigenvalue weighted by molar-refractivity contribution is 7.40. The first-order chi connectivity index (χ1) is 4.95. The van der Waals surface area contributed by atoms with Gasteiger partial charge in [0.2, 0.25) is 0 Å². The van der Waals surface area contributed by atoms with Crippen molar-refractivity contribution >= 4 is 20.0 Å². The second kappa shape index (κ2) is 4.00. The third kappa shape index (κ3) is 3.64. The van der Waals surface area contributed by atoms with Crippen LogP contribution < -0.4 is 0 Å². The number of hydrogen-bond donors (Lipinski definition) is 3. The highest BCUT2D eigenvalue weighted by atomic mass is 31.1. The van der Waals surface area contributed by atoms with Gasteiger partial charge in [0, 0.05) is 0 Å². The third-order valence-corrected chi connectivity index (χ3v) is 1.86. The van der Waals surface area contributed by atoms with Crippen molar-refractivity contribution in [1.29, 1.82) is 0 Å². The summed E-state index contributed by atoms with van der Waals surface area (Å²) in [7, 11) is -2.97. The summed E-state index contributed by atoms with van der Waals surface area (Å²) in [6.07, 6.45) is -0.832. The van der Waals surface area contributed by atoms with Crippen LogP contribution in [0.2, 0.25) is 0 Å². The highest BCUT2D eigenvalue weighted by Gasteiger charge is 2.38. The zero-order chi connectivity index (χ0) is 9.02. The summed E-state index contributed by atoms with van der Waals surface area (Å²) >= 11 is 0. The number of rotatable bonds is 4. The van der Waals surface area contributed by atoms with Crippen molar-refractivity contribution < 1.29 is 29.3 Å². The standard InChI is InChI=1S/C4H5O6P/c5-3(6)1-2(4(7)8)11(9)10/h2H,1H2,(H2-,5,6,7,8,9,10)/p+1. The van der Waals surface area contributed by atoms with Gasteiger partial charge in [-0.1, -0.05) is 0 Å². The largest absolute Gasteiger partial charge is 0.521 e. The average molecular weight is 181 g/mol. The lowest BCUT2D eigenvalue weighted by atomic mass is 10.3. The Labute approximate surface area is 62.3 Å². The molecule has 0 aliphatic carbocycles. The van der Waals surface area contributed by atoms with Crippen molar-refractivity contribution in [2.45, 2.75) is 12.1 Å². The summed E-state index contributed by atoms with van der Waals surface area (Å²) in [5, 5.41) is 16.3. The Kier molecular flexibility index (Phi) is 3.64. The smallest absolute Gasteiger partial charge is 0.481 e. The van der Waals surface area contributed by atoms with Crippen molar-refractivity contribution in [1.82, 2.24) is 0 Å². The minimum atomic E-state index is -2.97. The first-order valence-corrected chi connectivity index (χ1v) is 3.83. The molecule has 6 nitrogen and oxygen atoms in total. The van der Waals surface area contributed by atoms with Gasteiger partial charge in [-0.15, -0.1) is 0 Å². The number of carboxylic acids is 2. The number of hydrogen-bond acceptors (Lipinski definition) is 3. The molecule has 0 aromatic carbocycles. The SMILES string of the molecule is O=C(O)CC(C(=O)O)[P+](=O)O. The molecule has 0 heterocycles. The van der Waals surface area contributed by atoms with E-state index in [0.29, 0.717) is 0 Å². The Morgan fingerprint density at radius 1 is 1.36 bits per heavy atom. The molecule has 0 saturated carbocycles. The van der Waals surface area contributed by atoms with E-state index in [9.17, 15) is 14.2 Å².